The first-order valence-corrected chi connectivity index (χ1v) is 6.93. The molecule has 2 aliphatic rings. The monoisotopic (exact) mass is 276 g/mol. The molecule has 0 saturated carbocycles. The molecule has 2 unspecified atom stereocenters. The van der Waals surface area contributed by atoms with E-state index in [0.29, 0.717) is 12.3 Å². The van der Waals surface area contributed by atoms with E-state index in [1.165, 1.54) is 19.3 Å². The van der Waals surface area contributed by atoms with Crippen LogP contribution < -0.4 is 10.6 Å². The van der Waals surface area contributed by atoms with Crippen molar-refractivity contribution in [2.45, 2.75) is 44.6 Å². The van der Waals surface area contributed by atoms with Crippen LogP contribution in [-0.2, 0) is 9.53 Å². The van der Waals surface area contributed by atoms with Gasteiger partial charge in [0.25, 0.3) is 0 Å². The van der Waals surface area contributed by atoms with Crippen LogP contribution in [0.25, 0.3) is 0 Å². The lowest BCUT2D eigenvalue weighted by atomic mass is 9.99. The van der Waals surface area contributed by atoms with Gasteiger partial charge >= 0.3 is 0 Å². The van der Waals surface area contributed by atoms with E-state index < -0.39 is 0 Å². The van der Waals surface area contributed by atoms with Crippen LogP contribution in [0.1, 0.15) is 38.5 Å². The highest BCUT2D eigenvalue weighted by atomic mass is 35.5. The van der Waals surface area contributed by atoms with Gasteiger partial charge in [0.05, 0.1) is 12.5 Å². The van der Waals surface area contributed by atoms with Gasteiger partial charge in [-0.3, -0.25) is 4.79 Å². The topological polar surface area (TPSA) is 50.4 Å². The van der Waals surface area contributed by atoms with E-state index in [2.05, 4.69) is 10.6 Å². The SMILES string of the molecule is Cl.O=C(CC1CCCCO1)NCC1CCCNC1. The average molecular weight is 277 g/mol. The van der Waals surface area contributed by atoms with Gasteiger partial charge in [-0.2, -0.15) is 0 Å². The summed E-state index contributed by atoms with van der Waals surface area (Å²) in [7, 11) is 0. The van der Waals surface area contributed by atoms with Crippen LogP contribution in [0.5, 0.6) is 0 Å². The minimum Gasteiger partial charge on any atom is -0.378 e. The molecule has 0 aromatic carbocycles. The minimum absolute atomic E-state index is 0. The quantitative estimate of drug-likeness (QED) is 0.818. The second-order valence-corrected chi connectivity index (χ2v) is 5.21. The predicted octanol–water partition coefficient (Wildman–Crippen LogP) is 1.48. The molecule has 2 N–H and O–H groups in total. The van der Waals surface area contributed by atoms with Crippen molar-refractivity contribution in [3.8, 4) is 0 Å². The molecule has 5 heteroatoms. The first-order chi connectivity index (χ1) is 8.34. The fraction of sp³-hybridized carbons (Fsp3) is 0.923. The van der Waals surface area contributed by atoms with Gasteiger partial charge in [0.1, 0.15) is 0 Å². The molecule has 4 nitrogen and oxygen atoms in total. The largest absolute Gasteiger partial charge is 0.378 e. The number of hydrogen-bond acceptors (Lipinski definition) is 3. The number of halogens is 1. The third kappa shape index (κ3) is 5.55. The van der Waals surface area contributed by atoms with Crippen LogP contribution in [0.3, 0.4) is 0 Å². The van der Waals surface area contributed by atoms with Crippen molar-refractivity contribution in [3.63, 3.8) is 0 Å². The third-order valence-electron chi connectivity index (χ3n) is 3.67. The van der Waals surface area contributed by atoms with Gasteiger partial charge in [0.15, 0.2) is 0 Å². The number of ether oxygens (including phenoxy) is 1. The van der Waals surface area contributed by atoms with Crippen molar-refractivity contribution in [3.05, 3.63) is 0 Å². The van der Waals surface area contributed by atoms with Crippen LogP contribution >= 0.6 is 12.4 Å². The summed E-state index contributed by atoms with van der Waals surface area (Å²) in [5, 5.41) is 6.40. The lowest BCUT2D eigenvalue weighted by Gasteiger charge is -2.24. The molecule has 106 valence electrons. The Morgan fingerprint density at radius 2 is 2.17 bits per heavy atom. The van der Waals surface area contributed by atoms with Gasteiger partial charge < -0.3 is 15.4 Å². The Morgan fingerprint density at radius 1 is 1.28 bits per heavy atom. The lowest BCUT2D eigenvalue weighted by Crippen LogP contribution is -2.39. The molecule has 2 atom stereocenters. The van der Waals surface area contributed by atoms with E-state index in [9.17, 15) is 4.79 Å². The Labute approximate surface area is 116 Å². The van der Waals surface area contributed by atoms with Crippen molar-refractivity contribution in [1.82, 2.24) is 10.6 Å². The number of amides is 1. The number of piperidine rings is 1. The van der Waals surface area contributed by atoms with Crippen molar-refractivity contribution < 1.29 is 9.53 Å². The summed E-state index contributed by atoms with van der Waals surface area (Å²) in [5.41, 5.74) is 0. The highest BCUT2D eigenvalue weighted by Gasteiger charge is 2.19. The zero-order chi connectivity index (χ0) is 11.9. The standard InChI is InChI=1S/C13H24N2O2.ClH/c16-13(8-12-5-1-2-7-17-12)15-10-11-4-3-6-14-9-11;/h11-12,14H,1-10H2,(H,15,16);1H. The van der Waals surface area contributed by atoms with Gasteiger partial charge in [0.2, 0.25) is 5.91 Å². The summed E-state index contributed by atoms with van der Waals surface area (Å²) in [6.45, 7) is 3.81. The molecule has 0 radical (unpaired) electrons. The summed E-state index contributed by atoms with van der Waals surface area (Å²) in [6.07, 6.45) is 6.54. The van der Waals surface area contributed by atoms with Crippen LogP contribution in [0.15, 0.2) is 0 Å². The molecular formula is C13H25ClN2O2. The molecular weight excluding hydrogens is 252 g/mol. The van der Waals surface area contributed by atoms with Crippen LogP contribution in [-0.4, -0.2) is 38.3 Å². The second-order valence-electron chi connectivity index (χ2n) is 5.21. The van der Waals surface area contributed by atoms with E-state index >= 15 is 0 Å². The van der Waals surface area contributed by atoms with Crippen molar-refractivity contribution in [2.24, 2.45) is 5.92 Å². The molecule has 0 spiro atoms. The Bertz CT molecular complexity index is 239. The fourth-order valence-electron chi connectivity index (χ4n) is 2.60. The summed E-state index contributed by atoms with van der Waals surface area (Å²) in [4.78, 5) is 11.7. The maximum atomic E-state index is 11.7. The zero-order valence-corrected chi connectivity index (χ0v) is 11.8. The molecule has 0 aromatic heterocycles. The fourth-order valence-corrected chi connectivity index (χ4v) is 2.60. The molecule has 0 aromatic rings. The first kappa shape index (κ1) is 15.7. The maximum Gasteiger partial charge on any atom is 0.222 e. The Hall–Kier alpha value is -0.320. The number of carbonyl (C=O) groups excluding carboxylic acids is 1. The number of carbonyl (C=O) groups is 1. The van der Waals surface area contributed by atoms with E-state index in [-0.39, 0.29) is 24.4 Å². The normalized spacial score (nSPS) is 28.2. The zero-order valence-electron chi connectivity index (χ0n) is 11.0. The van der Waals surface area contributed by atoms with E-state index in [0.717, 1.165) is 39.1 Å². The predicted molar refractivity (Wildman–Crippen MR) is 74.1 cm³/mol. The smallest absolute Gasteiger partial charge is 0.222 e. The lowest BCUT2D eigenvalue weighted by molar-refractivity contribution is -0.125. The van der Waals surface area contributed by atoms with Gasteiger partial charge in [0, 0.05) is 13.2 Å². The van der Waals surface area contributed by atoms with E-state index in [1.807, 2.05) is 0 Å². The Morgan fingerprint density at radius 3 is 2.83 bits per heavy atom. The van der Waals surface area contributed by atoms with Crippen LogP contribution in [0, 0.1) is 5.92 Å². The van der Waals surface area contributed by atoms with Crippen molar-refractivity contribution >= 4 is 18.3 Å². The van der Waals surface area contributed by atoms with Crippen LogP contribution in [0.4, 0.5) is 0 Å². The molecule has 2 aliphatic heterocycles. The van der Waals surface area contributed by atoms with Gasteiger partial charge in [-0.15, -0.1) is 12.4 Å². The molecule has 2 saturated heterocycles. The molecule has 18 heavy (non-hydrogen) atoms. The third-order valence-corrected chi connectivity index (χ3v) is 3.67. The molecule has 2 heterocycles. The van der Waals surface area contributed by atoms with Crippen molar-refractivity contribution in [2.75, 3.05) is 26.2 Å². The van der Waals surface area contributed by atoms with E-state index in [1.54, 1.807) is 0 Å². The van der Waals surface area contributed by atoms with Gasteiger partial charge in [-0.1, -0.05) is 0 Å². The minimum atomic E-state index is 0. The van der Waals surface area contributed by atoms with E-state index in [4.69, 9.17) is 4.74 Å². The first-order valence-electron chi connectivity index (χ1n) is 6.93. The van der Waals surface area contributed by atoms with Crippen molar-refractivity contribution in [1.29, 1.82) is 0 Å². The summed E-state index contributed by atoms with van der Waals surface area (Å²) in [6, 6.07) is 0. The second kappa shape index (κ2) is 8.73. The molecule has 0 bridgehead atoms. The Kier molecular flexibility index (Phi) is 7.63. The highest BCUT2D eigenvalue weighted by molar-refractivity contribution is 5.85. The number of rotatable bonds is 4. The molecule has 1 amide bonds. The Balaban J connectivity index is 0.00000162. The molecule has 2 rings (SSSR count). The molecule has 0 aliphatic carbocycles. The summed E-state index contributed by atoms with van der Waals surface area (Å²) >= 11 is 0. The van der Waals surface area contributed by atoms with Crippen LogP contribution in [0.2, 0.25) is 0 Å². The van der Waals surface area contributed by atoms with Gasteiger partial charge in [-0.05, 0) is 51.1 Å². The number of hydrogen-bond donors (Lipinski definition) is 2. The summed E-state index contributed by atoms with van der Waals surface area (Å²) in [5.74, 6) is 0.766. The highest BCUT2D eigenvalue weighted by Crippen LogP contribution is 2.15. The number of nitrogens with one attached hydrogen (secondary N) is 2. The van der Waals surface area contributed by atoms with Gasteiger partial charge in [-0.25, -0.2) is 0 Å². The summed E-state index contributed by atoms with van der Waals surface area (Å²) < 4.78 is 5.57. The maximum absolute atomic E-state index is 11.7. The molecule has 2 fully saturated rings. The average Bonchev–Trinajstić information content (AvgIpc) is 2.39.